The molecule has 2 aromatic carbocycles. The third kappa shape index (κ3) is 7.57. The molecule has 0 aliphatic carbocycles. The number of amides is 2. The van der Waals surface area contributed by atoms with Gasteiger partial charge in [0.25, 0.3) is 11.8 Å². The molecule has 0 heterocycles. The van der Waals surface area contributed by atoms with E-state index in [1.807, 2.05) is 39.9 Å². The number of alkyl halides is 3. The predicted octanol–water partition coefficient (Wildman–Crippen LogP) is 5.78. The molecular formula is C26H30F3N5O3Si. The third-order valence-electron chi connectivity index (χ3n) is 6.36. The van der Waals surface area contributed by atoms with Crippen molar-refractivity contribution in [2.45, 2.75) is 64.1 Å². The van der Waals surface area contributed by atoms with Crippen LogP contribution < -0.4 is 16.2 Å². The molecule has 2 aromatic rings. The number of hydrazine groups is 1. The number of nitriles is 1. The normalized spacial score (nSPS) is 13.4. The molecule has 0 aromatic heterocycles. The van der Waals surface area contributed by atoms with Gasteiger partial charge in [-0.15, -0.1) is 0 Å². The second-order valence-electron chi connectivity index (χ2n) is 10.2. The summed E-state index contributed by atoms with van der Waals surface area (Å²) in [6, 6.07) is 9.52. The van der Waals surface area contributed by atoms with Crippen molar-refractivity contribution in [3.8, 4) is 6.07 Å². The Morgan fingerprint density at radius 2 is 1.68 bits per heavy atom. The van der Waals surface area contributed by atoms with Gasteiger partial charge in [-0.05, 0) is 61.5 Å². The smallest absolute Gasteiger partial charge is 0.407 e. The van der Waals surface area contributed by atoms with Gasteiger partial charge >= 0.3 is 6.18 Å². The highest BCUT2D eigenvalue weighted by Crippen LogP contribution is 2.39. The van der Waals surface area contributed by atoms with Crippen LogP contribution in [-0.2, 0) is 15.4 Å². The Kier molecular flexibility index (Phi) is 9.32. The number of benzene rings is 2. The molecule has 2 amide bonds. The number of carbonyl (C=O) groups is 2. The summed E-state index contributed by atoms with van der Waals surface area (Å²) in [5.41, 5.74) is 3.37. The Bertz CT molecular complexity index is 1260. The first kappa shape index (κ1) is 30.4. The van der Waals surface area contributed by atoms with Crippen LogP contribution in [0.2, 0.25) is 18.1 Å². The summed E-state index contributed by atoms with van der Waals surface area (Å²) in [6.07, 6.45) is -5.58. The van der Waals surface area contributed by atoms with Crippen molar-refractivity contribution in [1.82, 2.24) is 10.9 Å². The molecular weight excluding hydrogens is 515 g/mol. The van der Waals surface area contributed by atoms with Crippen molar-refractivity contribution in [2.24, 2.45) is 0 Å². The summed E-state index contributed by atoms with van der Waals surface area (Å²) < 4.78 is 46.8. The maximum absolute atomic E-state index is 13.5. The third-order valence-corrected chi connectivity index (χ3v) is 10.9. The zero-order chi connectivity index (χ0) is 28.9. The van der Waals surface area contributed by atoms with E-state index in [9.17, 15) is 22.8 Å². The van der Waals surface area contributed by atoms with Crippen LogP contribution in [0.25, 0.3) is 4.85 Å². The fourth-order valence-corrected chi connectivity index (χ4v) is 4.62. The van der Waals surface area contributed by atoms with Crippen LogP contribution in [0.5, 0.6) is 0 Å². The maximum atomic E-state index is 13.5. The molecule has 202 valence electrons. The highest BCUT2D eigenvalue weighted by Gasteiger charge is 2.41. The number of nitrogens with zero attached hydrogens (tertiary/aromatic N) is 2. The van der Waals surface area contributed by atoms with Gasteiger partial charge in [0.05, 0.1) is 29.9 Å². The van der Waals surface area contributed by atoms with E-state index in [0.29, 0.717) is 5.56 Å². The van der Waals surface area contributed by atoms with Crippen LogP contribution in [0.3, 0.4) is 0 Å². The summed E-state index contributed by atoms with van der Waals surface area (Å²) in [7, 11) is -2.41. The molecule has 12 heteroatoms. The first-order valence-corrected chi connectivity index (χ1v) is 14.5. The minimum Gasteiger partial charge on any atom is -0.412 e. The maximum Gasteiger partial charge on any atom is 0.407 e. The molecule has 0 spiro atoms. The number of halogens is 3. The molecule has 38 heavy (non-hydrogen) atoms. The molecule has 0 aliphatic rings. The van der Waals surface area contributed by atoms with E-state index in [0.717, 1.165) is 12.1 Å². The van der Waals surface area contributed by atoms with Gasteiger partial charge in [0, 0.05) is 11.3 Å². The summed E-state index contributed by atoms with van der Waals surface area (Å²) in [6.45, 7) is 18.6. The Labute approximate surface area is 221 Å². The molecule has 0 radical (unpaired) electrons. The second-order valence-corrected chi connectivity index (χ2v) is 14.9. The minimum atomic E-state index is -4.77. The van der Waals surface area contributed by atoms with Crippen LogP contribution >= 0.6 is 0 Å². The zero-order valence-corrected chi connectivity index (χ0v) is 22.9. The Morgan fingerprint density at radius 3 is 2.18 bits per heavy atom. The Morgan fingerprint density at radius 1 is 1.08 bits per heavy atom. The molecule has 0 unspecified atom stereocenters. The van der Waals surface area contributed by atoms with Gasteiger partial charge in [-0.1, -0.05) is 26.8 Å². The van der Waals surface area contributed by atoms with Gasteiger partial charge in [0.2, 0.25) is 0 Å². The molecule has 2 atom stereocenters. The van der Waals surface area contributed by atoms with E-state index >= 15 is 0 Å². The monoisotopic (exact) mass is 545 g/mol. The van der Waals surface area contributed by atoms with Gasteiger partial charge in [-0.2, -0.15) is 18.4 Å². The summed E-state index contributed by atoms with van der Waals surface area (Å²) in [5, 5.41) is 11.5. The second kappa shape index (κ2) is 11.7. The highest BCUT2D eigenvalue weighted by molar-refractivity contribution is 6.74. The number of hydrogen-bond donors (Lipinski definition) is 3. The van der Waals surface area contributed by atoms with E-state index in [1.165, 1.54) is 30.3 Å². The molecule has 2 rings (SSSR count). The fraction of sp³-hybridized carbons (Fsp3) is 0.385. The van der Waals surface area contributed by atoms with E-state index in [4.69, 9.17) is 16.3 Å². The van der Waals surface area contributed by atoms with E-state index in [2.05, 4.69) is 21.0 Å². The van der Waals surface area contributed by atoms with Crippen LogP contribution in [0.1, 0.15) is 49.2 Å². The lowest BCUT2D eigenvalue weighted by atomic mass is 10.1. The highest BCUT2D eigenvalue weighted by atomic mass is 28.4. The van der Waals surface area contributed by atoms with Gasteiger partial charge in [0.1, 0.15) is 6.04 Å². The molecule has 8 nitrogen and oxygen atoms in total. The number of hydrogen-bond acceptors (Lipinski definition) is 5. The lowest BCUT2D eigenvalue weighted by Crippen LogP contribution is -2.55. The Balaban J connectivity index is 2.33. The molecule has 0 saturated heterocycles. The van der Waals surface area contributed by atoms with Crippen LogP contribution in [0.15, 0.2) is 42.5 Å². The van der Waals surface area contributed by atoms with Crippen molar-refractivity contribution in [3.63, 3.8) is 0 Å². The van der Waals surface area contributed by atoms with Crippen molar-refractivity contribution in [3.05, 3.63) is 70.6 Å². The molecule has 0 bridgehead atoms. The van der Waals surface area contributed by atoms with Crippen molar-refractivity contribution in [1.29, 1.82) is 5.26 Å². The van der Waals surface area contributed by atoms with Crippen molar-refractivity contribution < 1.29 is 27.2 Å². The van der Waals surface area contributed by atoms with Gasteiger partial charge in [-0.25, -0.2) is 4.85 Å². The number of anilines is 1. The lowest BCUT2D eigenvalue weighted by Gasteiger charge is -2.40. The Hall–Kier alpha value is -3.87. The fourth-order valence-electron chi connectivity index (χ4n) is 3.20. The van der Waals surface area contributed by atoms with Crippen molar-refractivity contribution >= 4 is 31.5 Å². The van der Waals surface area contributed by atoms with Gasteiger partial charge in [0.15, 0.2) is 14.0 Å². The van der Waals surface area contributed by atoms with E-state index in [1.54, 1.807) is 6.92 Å². The van der Waals surface area contributed by atoms with Gasteiger partial charge in [-0.3, -0.25) is 20.4 Å². The molecule has 0 saturated carbocycles. The first-order valence-electron chi connectivity index (χ1n) is 11.6. The standard InChI is InChI=1S/C26H30F3N5O3Si/c1-16(37-38(6,7)25(2,3)4)22(32-19-12-13-21(31-5)20(14-19)26(27,28)29)24(36)34-33-23(35)18-10-8-17(15-30)9-11-18/h8-14,16,22,32H,1-4,6-7H3,(H,33,35)(H,34,36)/t16-,22+/m0/s1. The largest absolute Gasteiger partial charge is 0.412 e. The average Bonchev–Trinajstić information content (AvgIpc) is 2.83. The van der Waals surface area contributed by atoms with Crippen molar-refractivity contribution in [2.75, 3.05) is 5.32 Å². The SMILES string of the molecule is [C-]#[N+]c1ccc(N[C@@H](C(=O)NNC(=O)c2ccc(C#N)cc2)[C@H](C)O[Si](C)(C)C(C)(C)C)cc1C(F)(F)F. The summed E-state index contributed by atoms with van der Waals surface area (Å²) in [5.74, 6) is -1.40. The molecule has 0 fully saturated rings. The van der Waals surface area contributed by atoms with Crippen LogP contribution in [0, 0.1) is 17.9 Å². The van der Waals surface area contributed by atoms with Crippen LogP contribution in [0.4, 0.5) is 24.5 Å². The van der Waals surface area contributed by atoms with Gasteiger partial charge < -0.3 is 9.74 Å². The number of carbonyl (C=O) groups excluding carboxylic acids is 2. The predicted molar refractivity (Wildman–Crippen MR) is 140 cm³/mol. The zero-order valence-electron chi connectivity index (χ0n) is 21.9. The quantitative estimate of drug-likeness (QED) is 0.232. The first-order chi connectivity index (χ1) is 17.5. The lowest BCUT2D eigenvalue weighted by molar-refractivity contribution is -0.136. The van der Waals surface area contributed by atoms with E-state index < -0.39 is 49.7 Å². The minimum absolute atomic E-state index is 0.0472. The van der Waals surface area contributed by atoms with E-state index in [-0.39, 0.29) is 16.3 Å². The number of rotatable bonds is 7. The topological polar surface area (TPSA) is 108 Å². The number of nitrogens with one attached hydrogen (secondary N) is 3. The summed E-state index contributed by atoms with van der Waals surface area (Å²) in [4.78, 5) is 28.6. The summed E-state index contributed by atoms with van der Waals surface area (Å²) >= 11 is 0. The molecule has 0 aliphatic heterocycles. The van der Waals surface area contributed by atoms with Crippen LogP contribution in [-0.4, -0.2) is 32.3 Å². The average molecular weight is 546 g/mol. The molecule has 3 N–H and O–H groups in total.